The molecule has 0 aliphatic carbocycles. The van der Waals surface area contributed by atoms with E-state index in [1.165, 1.54) is 5.69 Å². The minimum absolute atomic E-state index is 0. The molecule has 2 aliphatic heterocycles. The van der Waals surface area contributed by atoms with Gasteiger partial charge >= 0.3 is 0 Å². The topological polar surface area (TPSA) is 43.9 Å². The van der Waals surface area contributed by atoms with Crippen LogP contribution in [0.15, 0.2) is 48.5 Å². The number of anilines is 2. The molecule has 2 aromatic rings. The Kier molecular flexibility index (Phi) is 6.60. The second-order valence-corrected chi connectivity index (χ2v) is 7.40. The summed E-state index contributed by atoms with van der Waals surface area (Å²) >= 11 is 5.96. The van der Waals surface area contributed by atoms with Gasteiger partial charge in [-0.3, -0.25) is 14.5 Å². The van der Waals surface area contributed by atoms with E-state index in [1.54, 1.807) is 17.0 Å². The predicted molar refractivity (Wildman–Crippen MR) is 115 cm³/mol. The third-order valence-electron chi connectivity index (χ3n) is 5.30. The molecule has 0 radical (unpaired) electrons. The zero-order chi connectivity index (χ0) is 18.8. The van der Waals surface area contributed by atoms with Crippen molar-refractivity contribution in [3.8, 4) is 0 Å². The van der Waals surface area contributed by atoms with Gasteiger partial charge in [0.1, 0.15) is 0 Å². The molecule has 28 heavy (non-hydrogen) atoms. The monoisotopic (exact) mass is 419 g/mol. The van der Waals surface area contributed by atoms with Crippen LogP contribution >= 0.6 is 24.0 Å². The number of nitrogens with zero attached hydrogens (tertiary/aromatic N) is 3. The normalized spacial score (nSPS) is 16.9. The Hall–Kier alpha value is -2.08. The average Bonchev–Trinajstić information content (AvgIpc) is 2.94. The minimum atomic E-state index is -0.399. The standard InChI is InChI=1S/C21H22ClN3O2.ClH/c22-16-6-8-17(9-7-16)24-14-12-23(13-15-24)10-3-11-25-19-5-2-1-4-18(19)20(26)21(25)27;/h1-2,4-9H,3,10-15H2;1H. The number of rotatable bonds is 5. The van der Waals surface area contributed by atoms with Crippen LogP contribution in [-0.4, -0.2) is 55.9 Å². The second-order valence-electron chi connectivity index (χ2n) is 6.96. The van der Waals surface area contributed by atoms with Crippen molar-refractivity contribution < 1.29 is 9.59 Å². The van der Waals surface area contributed by atoms with Crippen molar-refractivity contribution in [3.63, 3.8) is 0 Å². The number of benzene rings is 2. The van der Waals surface area contributed by atoms with Gasteiger partial charge in [-0.25, -0.2) is 0 Å². The van der Waals surface area contributed by atoms with Crippen LogP contribution in [0, 0.1) is 0 Å². The third-order valence-corrected chi connectivity index (χ3v) is 5.55. The molecule has 1 fully saturated rings. The minimum Gasteiger partial charge on any atom is -0.369 e. The van der Waals surface area contributed by atoms with Gasteiger partial charge in [-0.15, -0.1) is 12.4 Å². The Morgan fingerprint density at radius 3 is 2.25 bits per heavy atom. The van der Waals surface area contributed by atoms with E-state index in [0.29, 0.717) is 12.1 Å². The molecule has 1 amide bonds. The molecule has 2 aromatic carbocycles. The highest BCUT2D eigenvalue weighted by molar-refractivity contribution is 6.52. The number of piperazine rings is 1. The third kappa shape index (κ3) is 4.17. The maximum atomic E-state index is 12.2. The zero-order valence-electron chi connectivity index (χ0n) is 15.5. The predicted octanol–water partition coefficient (Wildman–Crippen LogP) is 3.50. The number of ketones is 1. The highest BCUT2D eigenvalue weighted by Gasteiger charge is 2.34. The van der Waals surface area contributed by atoms with Crippen LogP contribution < -0.4 is 9.80 Å². The van der Waals surface area contributed by atoms with Crippen LogP contribution in [-0.2, 0) is 4.79 Å². The van der Waals surface area contributed by atoms with Gasteiger partial charge < -0.3 is 9.80 Å². The molecule has 0 unspecified atom stereocenters. The quantitative estimate of drug-likeness (QED) is 0.695. The van der Waals surface area contributed by atoms with Crippen molar-refractivity contribution in [2.45, 2.75) is 6.42 Å². The van der Waals surface area contributed by atoms with E-state index in [-0.39, 0.29) is 18.2 Å². The van der Waals surface area contributed by atoms with Crippen LogP contribution in [0.5, 0.6) is 0 Å². The van der Waals surface area contributed by atoms with Gasteiger partial charge in [0.25, 0.3) is 11.7 Å². The molecule has 2 aliphatic rings. The number of para-hydroxylation sites is 1. The summed E-state index contributed by atoms with van der Waals surface area (Å²) in [4.78, 5) is 30.7. The van der Waals surface area contributed by atoms with E-state index in [2.05, 4.69) is 21.9 Å². The van der Waals surface area contributed by atoms with Gasteiger partial charge in [0.15, 0.2) is 0 Å². The lowest BCUT2D eigenvalue weighted by molar-refractivity contribution is -0.114. The fraction of sp³-hybridized carbons (Fsp3) is 0.333. The molecule has 2 heterocycles. The van der Waals surface area contributed by atoms with Gasteiger partial charge in [0, 0.05) is 43.4 Å². The van der Waals surface area contributed by atoms with Crippen molar-refractivity contribution in [1.29, 1.82) is 0 Å². The molecule has 148 valence electrons. The van der Waals surface area contributed by atoms with Crippen LogP contribution in [0.1, 0.15) is 16.8 Å². The first-order chi connectivity index (χ1) is 13.1. The molecule has 0 aromatic heterocycles. The molecular formula is C21H23Cl2N3O2. The van der Waals surface area contributed by atoms with E-state index >= 15 is 0 Å². The van der Waals surface area contributed by atoms with Crippen molar-refractivity contribution in [2.24, 2.45) is 0 Å². The fourth-order valence-electron chi connectivity index (χ4n) is 3.80. The van der Waals surface area contributed by atoms with Crippen LogP contribution in [0.2, 0.25) is 5.02 Å². The Morgan fingerprint density at radius 2 is 1.54 bits per heavy atom. The first-order valence-electron chi connectivity index (χ1n) is 9.31. The Bertz CT molecular complexity index is 849. The summed E-state index contributed by atoms with van der Waals surface area (Å²) in [5.74, 6) is -0.786. The molecule has 0 bridgehead atoms. The first-order valence-corrected chi connectivity index (χ1v) is 9.69. The number of amides is 1. The molecule has 7 heteroatoms. The van der Waals surface area contributed by atoms with Crippen LogP contribution in [0.3, 0.4) is 0 Å². The molecule has 0 saturated carbocycles. The number of halogens is 2. The fourth-order valence-corrected chi connectivity index (χ4v) is 3.93. The van der Waals surface area contributed by atoms with E-state index in [0.717, 1.165) is 49.9 Å². The smallest absolute Gasteiger partial charge is 0.299 e. The summed E-state index contributed by atoms with van der Waals surface area (Å²) < 4.78 is 0. The first kappa shape index (κ1) is 20.6. The Balaban J connectivity index is 0.00000225. The summed E-state index contributed by atoms with van der Waals surface area (Å²) in [6.45, 7) is 5.45. The van der Waals surface area contributed by atoms with Gasteiger partial charge in [-0.2, -0.15) is 0 Å². The van der Waals surface area contributed by atoms with Crippen molar-refractivity contribution in [3.05, 3.63) is 59.1 Å². The van der Waals surface area contributed by atoms with E-state index in [9.17, 15) is 9.59 Å². The van der Waals surface area contributed by atoms with E-state index < -0.39 is 5.91 Å². The van der Waals surface area contributed by atoms with Crippen LogP contribution in [0.25, 0.3) is 0 Å². The molecule has 0 spiro atoms. The number of fused-ring (bicyclic) bond motifs is 1. The van der Waals surface area contributed by atoms with Crippen LogP contribution in [0.4, 0.5) is 11.4 Å². The Labute approximate surface area is 176 Å². The van der Waals surface area contributed by atoms with Gasteiger partial charge in [0.2, 0.25) is 0 Å². The highest BCUT2D eigenvalue weighted by Crippen LogP contribution is 2.28. The number of hydrogen-bond acceptors (Lipinski definition) is 4. The lowest BCUT2D eigenvalue weighted by Crippen LogP contribution is -2.47. The number of hydrogen-bond donors (Lipinski definition) is 0. The van der Waals surface area contributed by atoms with Gasteiger partial charge in [-0.1, -0.05) is 23.7 Å². The van der Waals surface area contributed by atoms with E-state index in [1.807, 2.05) is 24.3 Å². The number of carbonyl (C=O) groups is 2. The van der Waals surface area contributed by atoms with Crippen molar-refractivity contribution >= 4 is 47.1 Å². The van der Waals surface area contributed by atoms with Gasteiger partial charge in [0.05, 0.1) is 11.3 Å². The van der Waals surface area contributed by atoms with Crippen molar-refractivity contribution in [1.82, 2.24) is 4.90 Å². The molecule has 5 nitrogen and oxygen atoms in total. The highest BCUT2D eigenvalue weighted by atomic mass is 35.5. The lowest BCUT2D eigenvalue weighted by atomic mass is 10.1. The summed E-state index contributed by atoms with van der Waals surface area (Å²) in [5.41, 5.74) is 2.48. The summed E-state index contributed by atoms with van der Waals surface area (Å²) in [6.07, 6.45) is 0.855. The molecule has 0 N–H and O–H groups in total. The average molecular weight is 420 g/mol. The number of Topliss-reactive ketones (excluding diaryl/α,β-unsaturated/α-hetero) is 1. The summed E-state index contributed by atoms with van der Waals surface area (Å²) in [5, 5.41) is 0.758. The number of carbonyl (C=O) groups excluding carboxylic acids is 2. The SMILES string of the molecule is Cl.O=C1C(=O)N(CCCN2CCN(c3ccc(Cl)cc3)CC2)c2ccccc21. The summed E-state index contributed by atoms with van der Waals surface area (Å²) in [7, 11) is 0. The maximum absolute atomic E-state index is 12.2. The molecule has 0 atom stereocenters. The Morgan fingerprint density at radius 1 is 0.857 bits per heavy atom. The second kappa shape index (κ2) is 8.95. The van der Waals surface area contributed by atoms with E-state index in [4.69, 9.17) is 11.6 Å². The molecule has 1 saturated heterocycles. The zero-order valence-corrected chi connectivity index (χ0v) is 17.1. The molecule has 4 rings (SSSR count). The maximum Gasteiger partial charge on any atom is 0.299 e. The largest absolute Gasteiger partial charge is 0.369 e. The van der Waals surface area contributed by atoms with Crippen molar-refractivity contribution in [2.75, 3.05) is 49.1 Å². The van der Waals surface area contributed by atoms with Gasteiger partial charge in [-0.05, 0) is 49.4 Å². The summed E-state index contributed by atoms with van der Waals surface area (Å²) in [6, 6.07) is 15.2. The molecular weight excluding hydrogens is 397 g/mol. The lowest BCUT2D eigenvalue weighted by Gasteiger charge is -2.36.